The number of ether oxygens (including phenoxy) is 1. The third kappa shape index (κ3) is 2.58. The Labute approximate surface area is 159 Å². The highest BCUT2D eigenvalue weighted by molar-refractivity contribution is 5.90. The van der Waals surface area contributed by atoms with E-state index in [1.165, 1.54) is 12.1 Å². The molecule has 5 heteroatoms. The van der Waals surface area contributed by atoms with E-state index >= 15 is 0 Å². The lowest BCUT2D eigenvalue weighted by Crippen LogP contribution is -2.22. The van der Waals surface area contributed by atoms with Gasteiger partial charge in [-0.3, -0.25) is 0 Å². The molecule has 5 rings (SSSR count). The van der Waals surface area contributed by atoms with Crippen LogP contribution in [-0.4, -0.2) is 4.57 Å². The van der Waals surface area contributed by atoms with Gasteiger partial charge in [0, 0.05) is 16.5 Å². The van der Waals surface area contributed by atoms with Crippen LogP contribution in [0.15, 0.2) is 72.8 Å². The highest BCUT2D eigenvalue weighted by Gasteiger charge is 2.33. The highest BCUT2D eigenvalue weighted by Crippen LogP contribution is 2.45. The van der Waals surface area contributed by atoms with Gasteiger partial charge in [0.1, 0.15) is 5.75 Å². The van der Waals surface area contributed by atoms with Crippen LogP contribution in [0.5, 0.6) is 5.75 Å². The maximum Gasteiger partial charge on any atom is 0.416 e. The van der Waals surface area contributed by atoms with Gasteiger partial charge in [0.25, 0.3) is 0 Å². The number of fused-ring (bicyclic) bond motifs is 5. The van der Waals surface area contributed by atoms with Crippen molar-refractivity contribution >= 4 is 10.9 Å². The number of nitrogens with zero attached hydrogens (tertiary/aromatic N) is 1. The summed E-state index contributed by atoms with van der Waals surface area (Å²) < 4.78 is 47.9. The Morgan fingerprint density at radius 1 is 0.893 bits per heavy atom. The maximum absolute atomic E-state index is 13.2. The first-order valence-corrected chi connectivity index (χ1v) is 8.96. The Bertz CT molecular complexity index is 1190. The molecule has 0 radical (unpaired) electrons. The van der Waals surface area contributed by atoms with Crippen LogP contribution in [0.2, 0.25) is 0 Å². The first kappa shape index (κ1) is 16.9. The zero-order valence-electron chi connectivity index (χ0n) is 15.0. The second-order valence-corrected chi connectivity index (χ2v) is 7.05. The predicted molar refractivity (Wildman–Crippen MR) is 102 cm³/mol. The summed E-state index contributed by atoms with van der Waals surface area (Å²) in [6.07, 6.45) is -4.82. The van der Waals surface area contributed by atoms with Crippen LogP contribution in [0.4, 0.5) is 13.2 Å². The summed E-state index contributed by atoms with van der Waals surface area (Å²) in [7, 11) is 0. The van der Waals surface area contributed by atoms with E-state index in [-0.39, 0.29) is 0 Å². The molecule has 0 aliphatic carbocycles. The van der Waals surface area contributed by atoms with E-state index in [0.717, 1.165) is 34.2 Å². The minimum Gasteiger partial charge on any atom is -0.465 e. The molecule has 3 aromatic carbocycles. The Morgan fingerprint density at radius 3 is 2.43 bits per heavy atom. The summed E-state index contributed by atoms with van der Waals surface area (Å²) in [4.78, 5) is 0. The van der Waals surface area contributed by atoms with Crippen molar-refractivity contribution in [2.24, 2.45) is 0 Å². The maximum atomic E-state index is 13.2. The molecule has 1 aliphatic rings. The lowest BCUT2D eigenvalue weighted by Gasteiger charge is -2.30. The van der Waals surface area contributed by atoms with E-state index in [2.05, 4.69) is 0 Å². The van der Waals surface area contributed by atoms with Crippen LogP contribution in [-0.2, 0) is 6.18 Å². The van der Waals surface area contributed by atoms with Crippen LogP contribution in [0.3, 0.4) is 0 Å². The molecule has 0 saturated heterocycles. The van der Waals surface area contributed by atoms with Crippen LogP contribution in [0.1, 0.15) is 22.9 Å². The van der Waals surface area contributed by atoms with Gasteiger partial charge < -0.3 is 9.30 Å². The van der Waals surface area contributed by atoms with Crippen LogP contribution >= 0.6 is 0 Å². The van der Waals surface area contributed by atoms with Gasteiger partial charge in [0.15, 0.2) is 0 Å². The number of benzene rings is 3. The molecule has 0 amide bonds. The zero-order valence-corrected chi connectivity index (χ0v) is 15.0. The normalized spacial score (nSPS) is 15.8. The first-order valence-electron chi connectivity index (χ1n) is 8.96. The summed E-state index contributed by atoms with van der Waals surface area (Å²) in [6, 6.07) is 21.3. The standard InChI is InChI=1S/C23H16F3NO/c1-14-7-10-21-18(11-14)20-13-16-12-17(23(24,25)26)8-9-19(16)27(20)22(28-21)15-5-3-2-4-6-15/h2-13,22H,1H3/t22-/m0/s1. The molecule has 28 heavy (non-hydrogen) atoms. The summed E-state index contributed by atoms with van der Waals surface area (Å²) in [6.45, 7) is 1.98. The lowest BCUT2D eigenvalue weighted by atomic mass is 10.0. The predicted octanol–water partition coefficient (Wildman–Crippen LogP) is 6.57. The van der Waals surface area contributed by atoms with Gasteiger partial charge in [-0.15, -0.1) is 0 Å². The Hall–Kier alpha value is -3.21. The van der Waals surface area contributed by atoms with Crippen molar-refractivity contribution in [1.82, 2.24) is 4.57 Å². The van der Waals surface area contributed by atoms with Crippen molar-refractivity contribution in [3.63, 3.8) is 0 Å². The molecule has 0 unspecified atom stereocenters. The van der Waals surface area contributed by atoms with Crippen molar-refractivity contribution in [3.8, 4) is 17.0 Å². The van der Waals surface area contributed by atoms with E-state index < -0.39 is 18.0 Å². The fraction of sp³-hybridized carbons (Fsp3) is 0.130. The van der Waals surface area contributed by atoms with Crippen molar-refractivity contribution in [2.45, 2.75) is 19.3 Å². The fourth-order valence-corrected chi connectivity index (χ4v) is 3.83. The van der Waals surface area contributed by atoms with Crippen molar-refractivity contribution in [2.75, 3.05) is 0 Å². The molecule has 1 aromatic heterocycles. The van der Waals surface area contributed by atoms with E-state index in [0.29, 0.717) is 10.9 Å². The van der Waals surface area contributed by atoms with Gasteiger partial charge in [0.05, 0.1) is 16.8 Å². The molecule has 0 saturated carbocycles. The number of hydrogen-bond acceptors (Lipinski definition) is 1. The third-order valence-electron chi connectivity index (χ3n) is 5.14. The molecule has 2 heterocycles. The van der Waals surface area contributed by atoms with Crippen LogP contribution in [0, 0.1) is 6.92 Å². The average molecular weight is 379 g/mol. The minimum absolute atomic E-state index is 0.444. The van der Waals surface area contributed by atoms with Crippen molar-refractivity contribution < 1.29 is 17.9 Å². The second-order valence-electron chi connectivity index (χ2n) is 7.05. The van der Waals surface area contributed by atoms with Gasteiger partial charge in [-0.1, -0.05) is 42.0 Å². The fourth-order valence-electron chi connectivity index (χ4n) is 3.83. The van der Waals surface area contributed by atoms with Gasteiger partial charge in [-0.05, 0) is 43.3 Å². The molecular formula is C23H16F3NO. The summed E-state index contributed by atoms with van der Waals surface area (Å²) in [5.74, 6) is 0.728. The Balaban J connectivity index is 1.80. The van der Waals surface area contributed by atoms with Crippen molar-refractivity contribution in [1.29, 1.82) is 0 Å². The quantitative estimate of drug-likeness (QED) is 0.365. The lowest BCUT2D eigenvalue weighted by molar-refractivity contribution is -0.137. The largest absolute Gasteiger partial charge is 0.465 e. The van der Waals surface area contributed by atoms with E-state index in [1.54, 1.807) is 0 Å². The number of hydrogen-bond donors (Lipinski definition) is 0. The monoisotopic (exact) mass is 379 g/mol. The third-order valence-corrected chi connectivity index (χ3v) is 5.14. The molecule has 1 aliphatic heterocycles. The zero-order chi connectivity index (χ0) is 19.5. The topological polar surface area (TPSA) is 14.2 Å². The van der Waals surface area contributed by atoms with Gasteiger partial charge in [-0.2, -0.15) is 13.2 Å². The molecule has 0 spiro atoms. The number of alkyl halides is 3. The van der Waals surface area contributed by atoms with Crippen molar-refractivity contribution in [3.05, 3.63) is 89.5 Å². The van der Waals surface area contributed by atoms with Crippen LogP contribution < -0.4 is 4.74 Å². The van der Waals surface area contributed by atoms with Crippen LogP contribution in [0.25, 0.3) is 22.2 Å². The summed E-state index contributed by atoms with van der Waals surface area (Å²) >= 11 is 0. The van der Waals surface area contributed by atoms with E-state index in [4.69, 9.17) is 4.74 Å². The SMILES string of the molecule is Cc1ccc2c(c1)-c1cc3cc(C(F)(F)F)ccc3n1[C@H](c1ccccc1)O2. The van der Waals surface area contributed by atoms with E-state index in [9.17, 15) is 13.2 Å². The summed E-state index contributed by atoms with van der Waals surface area (Å²) in [5, 5.41) is 0.545. The number of aromatic nitrogens is 1. The molecule has 4 aromatic rings. The first-order chi connectivity index (χ1) is 13.4. The molecule has 1 atom stereocenters. The molecule has 0 N–H and O–H groups in total. The van der Waals surface area contributed by atoms with Gasteiger partial charge in [0.2, 0.25) is 6.23 Å². The minimum atomic E-state index is -4.37. The molecule has 2 nitrogen and oxygen atoms in total. The average Bonchev–Trinajstić information content (AvgIpc) is 3.07. The number of rotatable bonds is 1. The molecule has 140 valence electrons. The Kier molecular flexibility index (Phi) is 3.56. The smallest absolute Gasteiger partial charge is 0.416 e. The Morgan fingerprint density at radius 2 is 1.68 bits per heavy atom. The molecule has 0 fully saturated rings. The van der Waals surface area contributed by atoms with E-state index in [1.807, 2.05) is 66.1 Å². The number of aryl methyl sites for hydroxylation is 1. The highest BCUT2D eigenvalue weighted by atomic mass is 19.4. The second kappa shape index (κ2) is 5.89. The molecule has 0 bridgehead atoms. The molecular weight excluding hydrogens is 363 g/mol. The van der Waals surface area contributed by atoms with Gasteiger partial charge >= 0.3 is 6.18 Å². The number of halogens is 3. The summed E-state index contributed by atoms with van der Waals surface area (Å²) in [5.41, 5.74) is 3.80. The van der Waals surface area contributed by atoms with Gasteiger partial charge in [-0.25, -0.2) is 0 Å².